The number of ether oxygens (including phenoxy) is 1. The summed E-state index contributed by atoms with van der Waals surface area (Å²) in [4.78, 5) is 4.74. The average Bonchev–Trinajstić information content (AvgIpc) is 3.12. The Morgan fingerprint density at radius 3 is 1.96 bits per heavy atom. The van der Waals surface area contributed by atoms with Gasteiger partial charge in [0.25, 0.3) is 0 Å². The van der Waals surface area contributed by atoms with E-state index >= 15 is 0 Å². The lowest BCUT2D eigenvalue weighted by Gasteiger charge is -2.42. The van der Waals surface area contributed by atoms with Crippen molar-refractivity contribution in [1.82, 2.24) is 14.1 Å². The van der Waals surface area contributed by atoms with Crippen LogP contribution in [0.2, 0.25) is 0 Å². The summed E-state index contributed by atoms with van der Waals surface area (Å²) >= 11 is 0. The van der Waals surface area contributed by atoms with Gasteiger partial charge in [0.2, 0.25) is 0 Å². The number of halogens is 3. The first-order chi connectivity index (χ1) is 23.9. The molecular formula is C39H60F3N3O4S. The molecule has 0 radical (unpaired) electrons. The van der Waals surface area contributed by atoms with E-state index in [1.165, 1.54) is 34.8 Å². The summed E-state index contributed by atoms with van der Waals surface area (Å²) in [5, 5.41) is 0. The number of hydrogen-bond donors (Lipinski definition) is 1. The topological polar surface area (TPSA) is 73.3 Å². The zero-order valence-corrected chi connectivity index (χ0v) is 31.1. The molecule has 2 aliphatic carbocycles. The summed E-state index contributed by atoms with van der Waals surface area (Å²) in [7, 11) is -4.03. The molecule has 5 rings (SSSR count). The van der Waals surface area contributed by atoms with E-state index in [0.29, 0.717) is 25.0 Å². The molecular weight excluding hydrogens is 664 g/mol. The quantitative estimate of drug-likeness (QED) is 0.155. The molecule has 0 unspecified atom stereocenters. The van der Waals surface area contributed by atoms with Crippen molar-refractivity contribution in [2.24, 2.45) is 0 Å². The first-order valence-electron chi connectivity index (χ1n) is 19.0. The van der Waals surface area contributed by atoms with Gasteiger partial charge in [0, 0.05) is 44.9 Å². The summed E-state index contributed by atoms with van der Waals surface area (Å²) in [5.41, 5.74) is 0.702. The van der Waals surface area contributed by atoms with Crippen LogP contribution in [0.4, 0.5) is 13.2 Å². The Morgan fingerprint density at radius 2 is 1.44 bits per heavy atom. The molecule has 0 atom stereocenters. The van der Waals surface area contributed by atoms with Gasteiger partial charge < -0.3 is 14.5 Å². The predicted octanol–water partition coefficient (Wildman–Crippen LogP) is 8.74. The molecule has 1 aliphatic heterocycles. The van der Waals surface area contributed by atoms with Crippen LogP contribution in [-0.4, -0.2) is 85.0 Å². The maximum Gasteiger partial charge on any atom is 0.416 e. The van der Waals surface area contributed by atoms with Crippen LogP contribution in [0.25, 0.3) is 0 Å². The van der Waals surface area contributed by atoms with E-state index in [2.05, 4.69) is 47.9 Å². The minimum Gasteiger partial charge on any atom is -0.370 e. The maximum absolute atomic E-state index is 13.4. The third-order valence-electron chi connectivity index (χ3n) is 11.0. The fraction of sp³-hybridized carbons (Fsp3) is 0.692. The molecule has 50 heavy (non-hydrogen) atoms. The third-order valence-corrected chi connectivity index (χ3v) is 12.1. The number of likely N-dealkylation sites (tertiary alicyclic amines) is 1. The van der Waals surface area contributed by atoms with Crippen LogP contribution in [0.15, 0.2) is 54.6 Å². The second-order valence-electron chi connectivity index (χ2n) is 14.3. The average molecular weight is 724 g/mol. The fourth-order valence-corrected chi connectivity index (χ4v) is 9.18. The molecule has 0 amide bonds. The molecule has 2 aromatic rings. The highest BCUT2D eigenvalue weighted by Crippen LogP contribution is 2.40. The lowest BCUT2D eigenvalue weighted by molar-refractivity contribution is -0.138. The second kappa shape index (κ2) is 19.7. The van der Waals surface area contributed by atoms with Gasteiger partial charge in [0.15, 0.2) is 0 Å². The highest BCUT2D eigenvalue weighted by Gasteiger charge is 2.40. The van der Waals surface area contributed by atoms with Gasteiger partial charge >= 0.3 is 16.5 Å². The Morgan fingerprint density at radius 1 is 0.860 bits per heavy atom. The van der Waals surface area contributed by atoms with Crippen molar-refractivity contribution >= 4 is 10.3 Å². The highest BCUT2D eigenvalue weighted by molar-refractivity contribution is 7.83. The zero-order valence-electron chi connectivity index (χ0n) is 30.3. The molecule has 2 aromatic carbocycles. The largest absolute Gasteiger partial charge is 0.416 e. The van der Waals surface area contributed by atoms with Gasteiger partial charge in [-0.05, 0) is 87.7 Å². The molecule has 0 aromatic heterocycles. The second-order valence-corrected chi connectivity index (χ2v) is 15.6. The van der Waals surface area contributed by atoms with Gasteiger partial charge in [-0.3, -0.25) is 4.55 Å². The van der Waals surface area contributed by atoms with Gasteiger partial charge in [-0.1, -0.05) is 94.8 Å². The summed E-state index contributed by atoms with van der Waals surface area (Å²) < 4.78 is 80.8. The Labute approximate surface area is 299 Å². The zero-order chi connectivity index (χ0) is 36.0. The third kappa shape index (κ3) is 12.3. The number of nitrogens with zero attached hydrogens (tertiary/aromatic N) is 3. The maximum atomic E-state index is 13.4. The van der Waals surface area contributed by atoms with Crippen molar-refractivity contribution in [2.75, 3.05) is 45.9 Å². The van der Waals surface area contributed by atoms with Gasteiger partial charge in [-0.25, -0.2) is 0 Å². The number of rotatable bonds is 14. The Bertz CT molecular complexity index is 1340. The molecule has 3 aliphatic rings. The van der Waals surface area contributed by atoms with Crippen LogP contribution >= 0.6 is 0 Å². The number of hydrogen-bond acceptors (Lipinski definition) is 5. The van der Waals surface area contributed by atoms with E-state index in [9.17, 15) is 26.1 Å². The Hall–Kier alpha value is -2.02. The van der Waals surface area contributed by atoms with E-state index < -0.39 is 27.6 Å². The summed E-state index contributed by atoms with van der Waals surface area (Å²) in [5.74, 6) is 0. The normalized spacial score (nSPS) is 19.8. The minimum atomic E-state index is -4.35. The van der Waals surface area contributed by atoms with Crippen molar-refractivity contribution in [2.45, 2.75) is 128 Å². The fourth-order valence-electron chi connectivity index (χ4n) is 8.01. The molecule has 2 saturated carbocycles. The van der Waals surface area contributed by atoms with Crippen LogP contribution < -0.4 is 0 Å². The number of alkyl halides is 3. The first-order valence-corrected chi connectivity index (χ1v) is 20.4. The monoisotopic (exact) mass is 723 g/mol. The lowest BCUT2D eigenvalue weighted by Crippen LogP contribution is -2.48. The van der Waals surface area contributed by atoms with Crippen molar-refractivity contribution in [3.63, 3.8) is 0 Å². The predicted molar refractivity (Wildman–Crippen MR) is 194 cm³/mol. The van der Waals surface area contributed by atoms with E-state index in [4.69, 9.17) is 4.74 Å². The van der Waals surface area contributed by atoms with E-state index in [1.807, 2.05) is 6.07 Å². The summed E-state index contributed by atoms with van der Waals surface area (Å²) in [6.07, 6.45) is 9.29. The minimum absolute atomic E-state index is 0.0434. The molecule has 7 nitrogen and oxygen atoms in total. The van der Waals surface area contributed by atoms with Gasteiger partial charge in [-0.15, -0.1) is 0 Å². The van der Waals surface area contributed by atoms with Crippen LogP contribution in [0, 0.1) is 0 Å². The molecule has 3 fully saturated rings. The smallest absolute Gasteiger partial charge is 0.370 e. The van der Waals surface area contributed by atoms with Crippen molar-refractivity contribution < 1.29 is 30.9 Å². The van der Waals surface area contributed by atoms with Crippen LogP contribution in [0.5, 0.6) is 0 Å². The van der Waals surface area contributed by atoms with Crippen LogP contribution in [0.3, 0.4) is 0 Å². The van der Waals surface area contributed by atoms with Crippen molar-refractivity contribution in [1.29, 1.82) is 0 Å². The van der Waals surface area contributed by atoms with Crippen molar-refractivity contribution in [3.05, 3.63) is 71.3 Å². The standard InChI is InChI=1S/C27H37F3N2O.C12H23NO3S/c1-3-31(4-2)17-9-21-33-26(24-12-8-13-25(22-24)27(28,29)30)15-19-32(20-16-26)18-14-23-10-6-5-7-11-23;14-17(15,16)13(11-7-3-1-4-8-11)12-9-5-2-6-10-12/h5-8,10-13,22H,3-4,9,14-21H2,1-2H3;11-12H,1-10H2,(H,14,15,16). The van der Waals surface area contributed by atoms with E-state index in [1.54, 1.807) is 6.07 Å². The first kappa shape index (κ1) is 40.7. The molecule has 1 N–H and O–H groups in total. The van der Waals surface area contributed by atoms with E-state index in [-0.39, 0.29) is 12.1 Å². The molecule has 1 saturated heterocycles. The van der Waals surface area contributed by atoms with Crippen LogP contribution in [0.1, 0.15) is 114 Å². The molecule has 0 spiro atoms. The molecule has 282 valence electrons. The molecule has 0 bridgehead atoms. The lowest BCUT2D eigenvalue weighted by atomic mass is 9.83. The van der Waals surface area contributed by atoms with Gasteiger partial charge in [-0.2, -0.15) is 25.9 Å². The van der Waals surface area contributed by atoms with E-state index in [0.717, 1.165) is 110 Å². The Balaban J connectivity index is 0.000000276. The Kier molecular flexibility index (Phi) is 16.1. The molecule has 1 heterocycles. The number of benzene rings is 2. The summed E-state index contributed by atoms with van der Waals surface area (Å²) in [6, 6.07) is 16.2. The molecule has 11 heteroatoms. The SMILES string of the molecule is CCN(CC)CCCOC1(c2cccc(C(F)(F)F)c2)CCN(CCc2ccccc2)CC1.O=S(=O)(O)N(C1CCCCC1)C1CCCCC1. The van der Waals surface area contributed by atoms with Crippen molar-refractivity contribution in [3.8, 4) is 0 Å². The van der Waals surface area contributed by atoms with Gasteiger partial charge in [0.05, 0.1) is 11.2 Å². The number of piperidine rings is 1. The highest BCUT2D eigenvalue weighted by atomic mass is 32.2. The van der Waals surface area contributed by atoms with Crippen LogP contribution in [-0.2, 0) is 33.2 Å². The van der Waals surface area contributed by atoms with Gasteiger partial charge in [0.1, 0.15) is 0 Å². The summed E-state index contributed by atoms with van der Waals surface area (Å²) in [6.45, 7) is 10.3.